The maximum Gasteiger partial charge on any atom is 0.0720 e. The molecule has 0 aliphatic carbocycles. The van der Waals surface area contributed by atoms with Crippen molar-refractivity contribution in [3.8, 4) is 0 Å². The number of aliphatic hydroxyl groups excluding tert-OH is 1. The van der Waals surface area contributed by atoms with Crippen LogP contribution in [0.5, 0.6) is 0 Å². The van der Waals surface area contributed by atoms with Crippen molar-refractivity contribution >= 4 is 0 Å². The van der Waals surface area contributed by atoms with E-state index in [1.165, 1.54) is 0 Å². The van der Waals surface area contributed by atoms with E-state index in [0.29, 0.717) is 6.42 Å². The number of rotatable bonds is 5. The number of hydrogen-bond acceptors (Lipinski definition) is 3. The fraction of sp³-hybridized carbons (Fsp3) is 1.00. The maximum atomic E-state index is 8.97. The number of ether oxygens (including phenoxy) is 1. The van der Waals surface area contributed by atoms with Gasteiger partial charge in [0.1, 0.15) is 0 Å². The van der Waals surface area contributed by atoms with Crippen LogP contribution in [0, 0.1) is 0 Å². The van der Waals surface area contributed by atoms with Crippen molar-refractivity contribution < 1.29 is 9.84 Å². The van der Waals surface area contributed by atoms with Gasteiger partial charge in [0, 0.05) is 20.1 Å². The highest BCUT2D eigenvalue weighted by atomic mass is 16.5. The van der Waals surface area contributed by atoms with E-state index in [1.54, 1.807) is 14.0 Å². The summed E-state index contributed by atoms with van der Waals surface area (Å²) in [5.74, 6) is 0. The predicted molar refractivity (Wildman–Crippen MR) is 52.4 cm³/mol. The van der Waals surface area contributed by atoms with Gasteiger partial charge in [-0.15, -0.1) is 0 Å². The number of likely N-dealkylation sites (N-methyl/N-ethyl adjacent to an activating group) is 1. The van der Waals surface area contributed by atoms with Gasteiger partial charge in [0.2, 0.25) is 0 Å². The Hall–Kier alpha value is -0.120. The number of hydrogen-bond donors (Lipinski definition) is 2. The first-order valence-corrected chi connectivity index (χ1v) is 4.56. The first-order valence-electron chi connectivity index (χ1n) is 4.56. The third kappa shape index (κ3) is 9.88. The highest BCUT2D eigenvalue weighted by Crippen LogP contribution is 1.99. The molecule has 12 heavy (non-hydrogen) atoms. The van der Waals surface area contributed by atoms with Crippen LogP contribution in [-0.2, 0) is 4.74 Å². The second-order valence-electron chi connectivity index (χ2n) is 2.50. The normalized spacial score (nSPS) is 14.5. The molecule has 0 fully saturated rings. The van der Waals surface area contributed by atoms with Gasteiger partial charge in [0.25, 0.3) is 0 Å². The Bertz CT molecular complexity index is 76.9. The standard InChI is InChI=1S/C7H17NO2.C2H6/c1-6(9)4-7(10-3)5-8-2;1-2/h6-9H,4-5H2,1-3H3;1-2H3. The van der Waals surface area contributed by atoms with Crippen LogP contribution in [0.15, 0.2) is 0 Å². The zero-order chi connectivity index (χ0) is 9.98. The van der Waals surface area contributed by atoms with Gasteiger partial charge < -0.3 is 15.2 Å². The second-order valence-corrected chi connectivity index (χ2v) is 2.50. The highest BCUT2D eigenvalue weighted by Gasteiger charge is 2.08. The highest BCUT2D eigenvalue weighted by molar-refractivity contribution is 4.62. The lowest BCUT2D eigenvalue weighted by molar-refractivity contribution is 0.0530. The average molecular weight is 177 g/mol. The summed E-state index contributed by atoms with van der Waals surface area (Å²) in [5, 5.41) is 12.0. The lowest BCUT2D eigenvalue weighted by atomic mass is 10.2. The third-order valence-electron chi connectivity index (χ3n) is 1.37. The Labute approximate surface area is 76.1 Å². The summed E-state index contributed by atoms with van der Waals surface area (Å²) in [6.07, 6.45) is 0.542. The van der Waals surface area contributed by atoms with Gasteiger partial charge in [-0.3, -0.25) is 0 Å². The molecule has 0 aliphatic rings. The van der Waals surface area contributed by atoms with Crippen molar-refractivity contribution in [2.45, 2.75) is 39.4 Å². The summed E-state index contributed by atoms with van der Waals surface area (Å²) in [5.41, 5.74) is 0. The molecular weight excluding hydrogens is 154 g/mol. The van der Waals surface area contributed by atoms with E-state index >= 15 is 0 Å². The predicted octanol–water partition coefficient (Wildman–Crippen LogP) is 1.02. The van der Waals surface area contributed by atoms with Crippen LogP contribution in [0.1, 0.15) is 27.2 Å². The second kappa shape index (κ2) is 10.9. The molecular formula is C9H23NO2. The number of nitrogens with one attached hydrogen (secondary N) is 1. The fourth-order valence-electron chi connectivity index (χ4n) is 0.871. The van der Waals surface area contributed by atoms with Crippen molar-refractivity contribution in [2.24, 2.45) is 0 Å². The van der Waals surface area contributed by atoms with Crippen LogP contribution in [0.25, 0.3) is 0 Å². The molecule has 0 aromatic heterocycles. The van der Waals surface area contributed by atoms with E-state index in [-0.39, 0.29) is 12.2 Å². The molecule has 2 N–H and O–H groups in total. The zero-order valence-electron chi connectivity index (χ0n) is 8.92. The van der Waals surface area contributed by atoms with Gasteiger partial charge in [0.05, 0.1) is 12.2 Å². The number of methoxy groups -OCH3 is 1. The molecule has 76 valence electrons. The van der Waals surface area contributed by atoms with Crippen LogP contribution in [0.2, 0.25) is 0 Å². The van der Waals surface area contributed by atoms with E-state index in [0.717, 1.165) is 6.54 Å². The summed E-state index contributed by atoms with van der Waals surface area (Å²) in [7, 11) is 3.53. The van der Waals surface area contributed by atoms with Gasteiger partial charge in [-0.05, 0) is 14.0 Å². The third-order valence-corrected chi connectivity index (χ3v) is 1.37. The minimum Gasteiger partial charge on any atom is -0.393 e. The average Bonchev–Trinajstić information content (AvgIpc) is 2.07. The Balaban J connectivity index is 0. The molecule has 0 saturated carbocycles. The molecule has 0 aromatic carbocycles. The van der Waals surface area contributed by atoms with Gasteiger partial charge in [-0.1, -0.05) is 13.8 Å². The Kier molecular flexibility index (Phi) is 13.1. The molecule has 0 rings (SSSR count). The van der Waals surface area contributed by atoms with Crippen LogP contribution in [0.4, 0.5) is 0 Å². The molecule has 0 spiro atoms. The van der Waals surface area contributed by atoms with Crippen LogP contribution in [-0.4, -0.2) is 38.0 Å². The Morgan fingerprint density at radius 2 is 1.92 bits per heavy atom. The van der Waals surface area contributed by atoms with Crippen LogP contribution >= 0.6 is 0 Å². The van der Waals surface area contributed by atoms with Crippen molar-refractivity contribution in [3.05, 3.63) is 0 Å². The van der Waals surface area contributed by atoms with Crippen molar-refractivity contribution in [3.63, 3.8) is 0 Å². The summed E-state index contributed by atoms with van der Waals surface area (Å²) in [4.78, 5) is 0. The lowest BCUT2D eigenvalue weighted by Gasteiger charge is -2.15. The molecule has 2 unspecified atom stereocenters. The Morgan fingerprint density at radius 1 is 1.42 bits per heavy atom. The largest absolute Gasteiger partial charge is 0.393 e. The lowest BCUT2D eigenvalue weighted by Crippen LogP contribution is -2.28. The number of aliphatic hydroxyl groups is 1. The van der Waals surface area contributed by atoms with Crippen LogP contribution in [0.3, 0.4) is 0 Å². The van der Waals surface area contributed by atoms with Crippen molar-refractivity contribution in [2.75, 3.05) is 20.7 Å². The molecule has 0 aliphatic heterocycles. The molecule has 0 saturated heterocycles. The Morgan fingerprint density at radius 3 is 2.17 bits per heavy atom. The molecule has 2 atom stereocenters. The summed E-state index contributed by atoms with van der Waals surface area (Å²) in [6.45, 7) is 6.56. The molecule has 0 radical (unpaired) electrons. The van der Waals surface area contributed by atoms with Gasteiger partial charge >= 0.3 is 0 Å². The molecule has 3 nitrogen and oxygen atoms in total. The molecule has 0 aromatic rings. The van der Waals surface area contributed by atoms with Gasteiger partial charge in [0.15, 0.2) is 0 Å². The first-order chi connectivity index (χ1) is 5.70. The first kappa shape index (κ1) is 14.4. The molecule has 0 bridgehead atoms. The van der Waals surface area contributed by atoms with Gasteiger partial charge in [-0.25, -0.2) is 0 Å². The summed E-state index contributed by atoms with van der Waals surface area (Å²) < 4.78 is 5.08. The summed E-state index contributed by atoms with van der Waals surface area (Å²) in [6, 6.07) is 0. The van der Waals surface area contributed by atoms with Crippen LogP contribution < -0.4 is 5.32 Å². The zero-order valence-corrected chi connectivity index (χ0v) is 8.92. The topological polar surface area (TPSA) is 41.5 Å². The quantitative estimate of drug-likeness (QED) is 0.659. The van der Waals surface area contributed by atoms with E-state index < -0.39 is 0 Å². The molecule has 0 amide bonds. The van der Waals surface area contributed by atoms with E-state index in [1.807, 2.05) is 20.9 Å². The monoisotopic (exact) mass is 177 g/mol. The minimum atomic E-state index is -0.279. The minimum absolute atomic E-state index is 0.130. The smallest absolute Gasteiger partial charge is 0.0720 e. The van der Waals surface area contributed by atoms with E-state index in [9.17, 15) is 0 Å². The van der Waals surface area contributed by atoms with Crippen molar-refractivity contribution in [1.29, 1.82) is 0 Å². The van der Waals surface area contributed by atoms with E-state index in [4.69, 9.17) is 9.84 Å². The van der Waals surface area contributed by atoms with Gasteiger partial charge in [-0.2, -0.15) is 0 Å². The summed E-state index contributed by atoms with van der Waals surface area (Å²) >= 11 is 0. The SMILES string of the molecule is CC.CNCC(CC(C)O)OC. The fourth-order valence-corrected chi connectivity index (χ4v) is 0.871. The molecule has 3 heteroatoms. The molecule has 0 heterocycles. The maximum absolute atomic E-state index is 8.97. The van der Waals surface area contributed by atoms with E-state index in [2.05, 4.69) is 5.32 Å². The van der Waals surface area contributed by atoms with Crippen molar-refractivity contribution in [1.82, 2.24) is 5.32 Å².